The van der Waals surface area contributed by atoms with E-state index in [2.05, 4.69) is 133 Å². The number of thiophene rings is 1. The summed E-state index contributed by atoms with van der Waals surface area (Å²) in [6.45, 7) is 0. The van der Waals surface area contributed by atoms with E-state index in [9.17, 15) is 0 Å². The van der Waals surface area contributed by atoms with Crippen LogP contribution in [0.4, 0.5) is 0 Å². The lowest BCUT2D eigenvalue weighted by Crippen LogP contribution is -2.33. The van der Waals surface area contributed by atoms with Gasteiger partial charge in [0.2, 0.25) is 0 Å². The van der Waals surface area contributed by atoms with E-state index < -0.39 is 6.17 Å². The van der Waals surface area contributed by atoms with E-state index in [1.165, 1.54) is 31.1 Å². The molecular weight excluding hydrogens is 695 g/mol. The van der Waals surface area contributed by atoms with Crippen LogP contribution in [0.2, 0.25) is 0 Å². The molecule has 0 aliphatic carbocycles. The van der Waals surface area contributed by atoms with Gasteiger partial charge in [-0.1, -0.05) is 121 Å². The highest BCUT2D eigenvalue weighted by molar-refractivity contribution is 7.26. The fraction of sp³-hybridized carbons (Fsp3) is 0.0204. The maximum Gasteiger partial charge on any atom is 0.160 e. The molecule has 6 heteroatoms. The summed E-state index contributed by atoms with van der Waals surface area (Å²) in [6, 6.07) is 57.3. The molecule has 0 amide bonds. The van der Waals surface area contributed by atoms with Crippen molar-refractivity contribution in [3.8, 4) is 11.1 Å². The molecule has 1 atom stereocenters. The van der Waals surface area contributed by atoms with E-state index in [0.29, 0.717) is 5.84 Å². The van der Waals surface area contributed by atoms with Crippen molar-refractivity contribution >= 4 is 97.8 Å². The fourth-order valence-corrected chi connectivity index (χ4v) is 9.63. The Hall–Kier alpha value is -7.02. The summed E-state index contributed by atoms with van der Waals surface area (Å²) in [7, 11) is 0. The Bertz CT molecular complexity index is 3440. The Morgan fingerprint density at radius 2 is 1.18 bits per heavy atom. The van der Waals surface area contributed by atoms with Crippen LogP contribution in [0, 0.1) is 0 Å². The third-order valence-corrected chi connectivity index (χ3v) is 12.2. The molecule has 11 aromatic rings. The van der Waals surface area contributed by atoms with E-state index in [1.807, 2.05) is 47.7 Å². The quantitative estimate of drug-likeness (QED) is 0.197. The lowest BCUT2D eigenvalue weighted by molar-refractivity contribution is 0.662. The Morgan fingerprint density at radius 1 is 0.491 bits per heavy atom. The number of benzene rings is 8. The molecule has 0 saturated carbocycles. The third kappa shape index (κ3) is 4.72. The summed E-state index contributed by atoms with van der Waals surface area (Å²) >= 11 is 1.84. The highest BCUT2D eigenvalue weighted by atomic mass is 32.1. The fourth-order valence-electron chi connectivity index (χ4n) is 8.40. The monoisotopic (exact) mass is 723 g/mol. The number of nitrogens with one attached hydrogen (secondary N) is 1. The molecule has 0 bridgehead atoms. The van der Waals surface area contributed by atoms with Gasteiger partial charge < -0.3 is 14.2 Å². The Labute approximate surface area is 318 Å². The van der Waals surface area contributed by atoms with E-state index >= 15 is 0 Å². The van der Waals surface area contributed by atoms with Crippen molar-refractivity contribution in [2.24, 2.45) is 9.98 Å². The molecule has 0 fully saturated rings. The molecule has 55 heavy (non-hydrogen) atoms. The van der Waals surface area contributed by atoms with Gasteiger partial charge in [0.1, 0.15) is 34.3 Å². The van der Waals surface area contributed by atoms with Crippen LogP contribution >= 0.6 is 11.3 Å². The van der Waals surface area contributed by atoms with Gasteiger partial charge in [0, 0.05) is 58.4 Å². The van der Waals surface area contributed by atoms with Crippen molar-refractivity contribution in [2.75, 3.05) is 0 Å². The molecule has 4 heterocycles. The summed E-state index contributed by atoms with van der Waals surface area (Å²) in [5.41, 5.74) is 8.58. The zero-order chi connectivity index (χ0) is 36.0. The molecule has 0 spiro atoms. The number of hydrogen-bond donors (Lipinski definition) is 1. The first-order chi connectivity index (χ1) is 27.2. The number of amidine groups is 2. The molecule has 258 valence electrons. The first kappa shape index (κ1) is 30.4. The Balaban J connectivity index is 1.05. The molecule has 0 saturated heterocycles. The van der Waals surface area contributed by atoms with Crippen molar-refractivity contribution in [2.45, 2.75) is 6.17 Å². The van der Waals surface area contributed by atoms with Gasteiger partial charge in [0.25, 0.3) is 0 Å². The minimum atomic E-state index is -0.430. The molecule has 1 unspecified atom stereocenters. The Kier molecular flexibility index (Phi) is 6.50. The van der Waals surface area contributed by atoms with E-state index in [4.69, 9.17) is 18.8 Å². The van der Waals surface area contributed by atoms with Gasteiger partial charge in [0.15, 0.2) is 5.84 Å². The van der Waals surface area contributed by atoms with Crippen molar-refractivity contribution in [1.29, 1.82) is 0 Å². The molecule has 5 nitrogen and oxygen atoms in total. The van der Waals surface area contributed by atoms with Gasteiger partial charge in [-0.05, 0) is 64.4 Å². The van der Waals surface area contributed by atoms with Crippen LogP contribution in [0.25, 0.3) is 85.9 Å². The first-order valence-corrected chi connectivity index (χ1v) is 19.2. The van der Waals surface area contributed by atoms with Gasteiger partial charge >= 0.3 is 0 Å². The minimum Gasteiger partial charge on any atom is -0.456 e. The second-order valence-electron chi connectivity index (χ2n) is 14.1. The van der Waals surface area contributed by atoms with E-state index in [-0.39, 0.29) is 0 Å². The van der Waals surface area contributed by atoms with Crippen LogP contribution in [0.5, 0.6) is 0 Å². The number of fused-ring (bicyclic) bond motifs is 10. The highest BCUT2D eigenvalue weighted by Crippen LogP contribution is 2.42. The lowest BCUT2D eigenvalue weighted by atomic mass is 9.99. The highest BCUT2D eigenvalue weighted by Gasteiger charge is 2.26. The summed E-state index contributed by atoms with van der Waals surface area (Å²) < 4.78 is 15.5. The van der Waals surface area contributed by atoms with Crippen LogP contribution < -0.4 is 5.32 Å². The molecule has 12 rings (SSSR count). The Morgan fingerprint density at radius 3 is 2.13 bits per heavy atom. The van der Waals surface area contributed by atoms with Crippen molar-refractivity contribution < 1.29 is 8.83 Å². The SMILES string of the molecule is c1ccc2cc(C3=NC(c4cccc5oc6cc(-c7cccc8c7sc7ccccc78)ccc6c45)=NC(c4cccc5oc6ccccc6c45)N3)ccc2c1. The lowest BCUT2D eigenvalue weighted by Gasteiger charge is -2.24. The van der Waals surface area contributed by atoms with Crippen LogP contribution in [0.1, 0.15) is 22.9 Å². The second-order valence-corrected chi connectivity index (χ2v) is 15.2. The number of nitrogens with zero attached hydrogens (tertiary/aromatic N) is 2. The maximum atomic E-state index is 6.66. The van der Waals surface area contributed by atoms with Gasteiger partial charge in [0.05, 0.1) is 0 Å². The first-order valence-electron chi connectivity index (χ1n) is 18.4. The van der Waals surface area contributed by atoms with E-state index in [1.54, 1.807) is 0 Å². The van der Waals surface area contributed by atoms with Crippen molar-refractivity contribution in [3.63, 3.8) is 0 Å². The average molecular weight is 724 g/mol. The summed E-state index contributed by atoms with van der Waals surface area (Å²) in [5.74, 6) is 1.40. The van der Waals surface area contributed by atoms with Crippen LogP contribution in [-0.2, 0) is 0 Å². The number of para-hydroxylation sites is 1. The van der Waals surface area contributed by atoms with Crippen molar-refractivity contribution in [1.82, 2.24) is 5.32 Å². The normalized spacial score (nSPS) is 14.7. The molecular formula is C49H29N3O2S. The summed E-state index contributed by atoms with van der Waals surface area (Å²) in [6.07, 6.45) is -0.430. The number of furan rings is 2. The number of rotatable bonds is 4. The van der Waals surface area contributed by atoms with Crippen LogP contribution in [0.3, 0.4) is 0 Å². The largest absolute Gasteiger partial charge is 0.456 e. The summed E-state index contributed by atoms with van der Waals surface area (Å²) in [4.78, 5) is 10.7. The van der Waals surface area contributed by atoms with E-state index in [0.717, 1.165) is 77.4 Å². The number of aliphatic imine (C=N–C) groups is 2. The second kappa shape index (κ2) is 11.7. The maximum absolute atomic E-state index is 6.66. The standard InChI is InChI=1S/C49H29N3O2S/c1-2-11-29-26-31(23-22-28(29)10-1)47-50-48(37-16-8-19-40-44(37)35-13-3-5-18-39(35)53-40)52-49(51-47)38-17-9-20-41-45(38)36-25-24-30(27-42(36)54-41)32-14-7-15-34-33-12-4-6-21-43(33)55-46(32)34/h1-27,48H,(H,50,51,52). The predicted molar refractivity (Wildman–Crippen MR) is 229 cm³/mol. The number of hydrogen-bond acceptors (Lipinski definition) is 6. The van der Waals surface area contributed by atoms with Crippen LogP contribution in [-0.4, -0.2) is 11.7 Å². The van der Waals surface area contributed by atoms with Gasteiger partial charge in [-0.15, -0.1) is 11.3 Å². The average Bonchev–Trinajstić information content (AvgIpc) is 3.94. The zero-order valence-corrected chi connectivity index (χ0v) is 30.1. The van der Waals surface area contributed by atoms with Gasteiger partial charge in [-0.2, -0.15) is 0 Å². The minimum absolute atomic E-state index is 0.430. The molecule has 8 aromatic carbocycles. The smallest absolute Gasteiger partial charge is 0.160 e. The van der Waals surface area contributed by atoms with Crippen LogP contribution in [0.15, 0.2) is 183 Å². The summed E-state index contributed by atoms with van der Waals surface area (Å²) in [5, 5.41) is 12.8. The molecule has 1 aliphatic heterocycles. The van der Waals surface area contributed by atoms with Gasteiger partial charge in [-0.3, -0.25) is 0 Å². The topological polar surface area (TPSA) is 63.0 Å². The van der Waals surface area contributed by atoms with Crippen molar-refractivity contribution in [3.05, 3.63) is 180 Å². The third-order valence-electron chi connectivity index (χ3n) is 10.9. The molecule has 1 aliphatic rings. The molecule has 3 aromatic heterocycles. The predicted octanol–water partition coefficient (Wildman–Crippen LogP) is 13.2. The zero-order valence-electron chi connectivity index (χ0n) is 29.3. The molecule has 0 radical (unpaired) electrons. The molecule has 1 N–H and O–H groups in total. The van der Waals surface area contributed by atoms with Gasteiger partial charge in [-0.25, -0.2) is 9.98 Å².